The van der Waals surface area contributed by atoms with Crippen molar-refractivity contribution in [3.63, 3.8) is 0 Å². The molecule has 1 heterocycles. The fourth-order valence-electron chi connectivity index (χ4n) is 3.22. The molecular weight excluding hydrogens is 469 g/mol. The van der Waals surface area contributed by atoms with Crippen LogP contribution in [0.1, 0.15) is 24.0 Å². The van der Waals surface area contributed by atoms with Crippen molar-refractivity contribution in [3.8, 4) is 0 Å². The van der Waals surface area contributed by atoms with Crippen LogP contribution in [0.3, 0.4) is 0 Å². The van der Waals surface area contributed by atoms with Crippen LogP contribution >= 0.6 is 23.2 Å². The molecule has 0 atom stereocenters. The normalized spacial score (nSPS) is 11.2. The molecule has 0 radical (unpaired) electrons. The quantitative estimate of drug-likeness (QED) is 0.447. The number of carbonyl (C=O) groups is 1. The SMILES string of the molecule is CS(=O)(=O)N(CCCC(=O)Nc1ccc(Cc2ccncc2)cc1)c1cc(Cl)cc(Cl)c1. The van der Waals surface area contributed by atoms with Gasteiger partial charge in [0.1, 0.15) is 0 Å². The maximum absolute atomic E-state index is 12.3. The lowest BCUT2D eigenvalue weighted by Gasteiger charge is -2.22. The fraction of sp³-hybridized carbons (Fsp3) is 0.217. The van der Waals surface area contributed by atoms with E-state index >= 15 is 0 Å². The molecule has 0 aliphatic carbocycles. The molecule has 0 aliphatic rings. The van der Waals surface area contributed by atoms with Gasteiger partial charge < -0.3 is 5.32 Å². The van der Waals surface area contributed by atoms with Gasteiger partial charge in [-0.05, 0) is 66.4 Å². The minimum absolute atomic E-state index is 0.133. The summed E-state index contributed by atoms with van der Waals surface area (Å²) >= 11 is 12.0. The van der Waals surface area contributed by atoms with Crippen LogP contribution in [0.4, 0.5) is 11.4 Å². The molecule has 3 aromatic rings. The summed E-state index contributed by atoms with van der Waals surface area (Å²) in [5, 5.41) is 3.52. The summed E-state index contributed by atoms with van der Waals surface area (Å²) in [5.74, 6) is -0.190. The summed E-state index contributed by atoms with van der Waals surface area (Å²) in [6, 6.07) is 16.2. The Balaban J connectivity index is 1.54. The molecule has 3 rings (SSSR count). The Hall–Kier alpha value is -2.61. The molecule has 0 bridgehead atoms. The molecule has 1 N–H and O–H groups in total. The average molecular weight is 492 g/mol. The molecule has 0 spiro atoms. The van der Waals surface area contributed by atoms with Crippen LogP contribution in [0, 0.1) is 0 Å². The predicted octanol–water partition coefficient (Wildman–Crippen LogP) is 5.16. The van der Waals surface area contributed by atoms with Gasteiger partial charge >= 0.3 is 0 Å². The van der Waals surface area contributed by atoms with Gasteiger partial charge in [-0.1, -0.05) is 35.3 Å². The monoisotopic (exact) mass is 491 g/mol. The second-order valence-corrected chi connectivity index (χ2v) is 10.1. The zero-order valence-electron chi connectivity index (χ0n) is 17.5. The van der Waals surface area contributed by atoms with Crippen LogP contribution < -0.4 is 9.62 Å². The van der Waals surface area contributed by atoms with Crippen molar-refractivity contribution in [2.75, 3.05) is 22.4 Å². The van der Waals surface area contributed by atoms with Gasteiger partial charge in [-0.15, -0.1) is 0 Å². The third kappa shape index (κ3) is 7.22. The number of anilines is 2. The number of halogens is 2. The van der Waals surface area contributed by atoms with Crippen LogP contribution in [0.5, 0.6) is 0 Å². The lowest BCUT2D eigenvalue weighted by molar-refractivity contribution is -0.116. The number of rotatable bonds is 9. The molecule has 32 heavy (non-hydrogen) atoms. The van der Waals surface area contributed by atoms with E-state index in [-0.39, 0.29) is 18.9 Å². The highest BCUT2D eigenvalue weighted by Gasteiger charge is 2.18. The molecule has 2 aromatic carbocycles. The molecule has 0 saturated heterocycles. The summed E-state index contributed by atoms with van der Waals surface area (Å²) in [4.78, 5) is 16.3. The fourth-order valence-corrected chi connectivity index (χ4v) is 4.68. The van der Waals surface area contributed by atoms with E-state index < -0.39 is 10.0 Å². The zero-order chi connectivity index (χ0) is 23.1. The van der Waals surface area contributed by atoms with Crippen molar-refractivity contribution in [2.45, 2.75) is 19.3 Å². The molecule has 0 saturated carbocycles. The van der Waals surface area contributed by atoms with E-state index in [0.29, 0.717) is 27.8 Å². The first-order chi connectivity index (χ1) is 15.2. The third-order valence-corrected chi connectivity index (χ3v) is 6.33. The topological polar surface area (TPSA) is 79.4 Å². The number of nitrogens with zero attached hydrogens (tertiary/aromatic N) is 2. The Labute approximate surface area is 198 Å². The van der Waals surface area contributed by atoms with Gasteiger partial charge in [0.25, 0.3) is 0 Å². The number of hydrogen-bond acceptors (Lipinski definition) is 4. The minimum Gasteiger partial charge on any atom is -0.326 e. The van der Waals surface area contributed by atoms with Crippen molar-refractivity contribution in [2.24, 2.45) is 0 Å². The number of carbonyl (C=O) groups excluding carboxylic acids is 1. The minimum atomic E-state index is -3.56. The van der Waals surface area contributed by atoms with Crippen LogP contribution in [-0.4, -0.2) is 32.1 Å². The first-order valence-corrected chi connectivity index (χ1v) is 12.5. The second-order valence-electron chi connectivity index (χ2n) is 7.34. The number of amides is 1. The zero-order valence-corrected chi connectivity index (χ0v) is 19.8. The lowest BCUT2D eigenvalue weighted by atomic mass is 10.1. The number of nitrogens with one attached hydrogen (secondary N) is 1. The van der Waals surface area contributed by atoms with Crippen molar-refractivity contribution in [3.05, 3.63) is 88.2 Å². The molecule has 9 heteroatoms. The van der Waals surface area contributed by atoms with Crippen molar-refractivity contribution >= 4 is 50.5 Å². The predicted molar refractivity (Wildman–Crippen MR) is 130 cm³/mol. The van der Waals surface area contributed by atoms with Gasteiger partial charge in [0, 0.05) is 41.1 Å². The van der Waals surface area contributed by atoms with Gasteiger partial charge in [0.15, 0.2) is 0 Å². The number of sulfonamides is 1. The van der Waals surface area contributed by atoms with Crippen LogP contribution in [0.25, 0.3) is 0 Å². The summed E-state index contributed by atoms with van der Waals surface area (Å²) in [6.45, 7) is 0.133. The summed E-state index contributed by atoms with van der Waals surface area (Å²) in [7, 11) is -3.56. The first-order valence-electron chi connectivity index (χ1n) is 9.92. The summed E-state index contributed by atoms with van der Waals surface area (Å²) in [5.41, 5.74) is 3.34. The standard InChI is InChI=1S/C23H23Cl2N3O3S/c1-32(30,31)28(22-15-19(24)14-20(25)16-22)12-2-3-23(29)27-21-6-4-17(5-7-21)13-18-8-10-26-11-9-18/h4-11,14-16H,2-3,12-13H2,1H3,(H,27,29). The van der Waals surface area contributed by atoms with Crippen molar-refractivity contribution < 1.29 is 13.2 Å². The van der Waals surface area contributed by atoms with E-state index in [2.05, 4.69) is 10.3 Å². The maximum atomic E-state index is 12.3. The number of hydrogen-bond donors (Lipinski definition) is 1. The molecule has 0 unspecified atom stereocenters. The first kappa shape index (κ1) is 24.0. The van der Waals surface area contributed by atoms with E-state index in [1.54, 1.807) is 12.4 Å². The van der Waals surface area contributed by atoms with Crippen LogP contribution in [0.2, 0.25) is 10.0 Å². The summed E-state index contributed by atoms with van der Waals surface area (Å²) in [6.07, 6.45) is 5.91. The molecule has 168 valence electrons. The van der Waals surface area contributed by atoms with Gasteiger partial charge in [-0.2, -0.15) is 0 Å². The highest BCUT2D eigenvalue weighted by Crippen LogP contribution is 2.27. The third-order valence-electron chi connectivity index (χ3n) is 4.70. The Morgan fingerprint density at radius 2 is 1.56 bits per heavy atom. The summed E-state index contributed by atoms with van der Waals surface area (Å²) < 4.78 is 25.6. The number of benzene rings is 2. The van der Waals surface area contributed by atoms with Crippen molar-refractivity contribution in [1.29, 1.82) is 0 Å². The molecule has 6 nitrogen and oxygen atoms in total. The molecule has 1 amide bonds. The second kappa shape index (κ2) is 10.8. The molecule has 1 aromatic heterocycles. The highest BCUT2D eigenvalue weighted by atomic mass is 35.5. The van der Waals surface area contributed by atoms with E-state index in [4.69, 9.17) is 23.2 Å². The van der Waals surface area contributed by atoms with E-state index in [1.165, 1.54) is 22.5 Å². The van der Waals surface area contributed by atoms with E-state index in [9.17, 15) is 13.2 Å². The van der Waals surface area contributed by atoms with Gasteiger partial charge in [-0.3, -0.25) is 14.1 Å². The van der Waals surface area contributed by atoms with Gasteiger partial charge in [0.2, 0.25) is 15.9 Å². The molecule has 0 fully saturated rings. The van der Waals surface area contributed by atoms with Crippen LogP contribution in [0.15, 0.2) is 67.0 Å². The Bertz CT molecular complexity index is 1150. The average Bonchev–Trinajstić information content (AvgIpc) is 2.72. The highest BCUT2D eigenvalue weighted by molar-refractivity contribution is 7.92. The Morgan fingerprint density at radius 1 is 0.969 bits per heavy atom. The maximum Gasteiger partial charge on any atom is 0.232 e. The molecule has 0 aliphatic heterocycles. The largest absolute Gasteiger partial charge is 0.326 e. The van der Waals surface area contributed by atoms with E-state index in [0.717, 1.165) is 23.8 Å². The van der Waals surface area contributed by atoms with Gasteiger partial charge in [0.05, 0.1) is 11.9 Å². The molecular formula is C23H23Cl2N3O3S. The Kier molecular flexibility index (Phi) is 8.12. The van der Waals surface area contributed by atoms with Crippen LogP contribution in [-0.2, 0) is 21.2 Å². The van der Waals surface area contributed by atoms with Crippen molar-refractivity contribution in [1.82, 2.24) is 4.98 Å². The van der Waals surface area contributed by atoms with Gasteiger partial charge in [-0.25, -0.2) is 8.42 Å². The lowest BCUT2D eigenvalue weighted by Crippen LogP contribution is -2.31. The Morgan fingerprint density at radius 3 is 2.16 bits per heavy atom. The number of pyridine rings is 1. The van der Waals surface area contributed by atoms with E-state index in [1.807, 2.05) is 36.4 Å². The smallest absolute Gasteiger partial charge is 0.232 e. The number of aromatic nitrogens is 1.